The molecule has 23 heavy (non-hydrogen) atoms. The molecule has 4 heteroatoms. The highest BCUT2D eigenvalue weighted by atomic mass is 16.4. The molecule has 118 valence electrons. The van der Waals surface area contributed by atoms with Crippen LogP contribution in [0.5, 0.6) is 0 Å². The standard InChI is InChI=1S/C19H19NO3/c1-10-6-18(21)23-17-5-11(2)16(9-14(10)17)20-19(22)15-8-12-3-4-13(15)7-12/h3-6,9,12-13,15H,7-8H2,1-2H3,(H,20,22)/t12-,13+,15+/m1/s1. The van der Waals surface area contributed by atoms with Crippen molar-refractivity contribution in [2.75, 3.05) is 5.32 Å². The minimum atomic E-state index is -0.347. The first-order valence-corrected chi connectivity index (χ1v) is 8.05. The van der Waals surface area contributed by atoms with Crippen LogP contribution in [0.2, 0.25) is 0 Å². The van der Waals surface area contributed by atoms with Crippen molar-refractivity contribution in [3.8, 4) is 0 Å². The van der Waals surface area contributed by atoms with E-state index in [9.17, 15) is 9.59 Å². The number of aryl methyl sites for hydroxylation is 2. The Balaban J connectivity index is 1.66. The second kappa shape index (κ2) is 5.08. The molecule has 0 unspecified atom stereocenters. The molecule has 3 atom stereocenters. The number of rotatable bonds is 2. The molecule has 4 nitrogen and oxygen atoms in total. The van der Waals surface area contributed by atoms with Gasteiger partial charge in [-0.15, -0.1) is 0 Å². The maximum atomic E-state index is 12.6. The number of nitrogens with one attached hydrogen (secondary N) is 1. The molecule has 1 fully saturated rings. The molecule has 1 aromatic carbocycles. The summed E-state index contributed by atoms with van der Waals surface area (Å²) in [6.07, 6.45) is 6.48. The molecule has 1 heterocycles. The van der Waals surface area contributed by atoms with Crippen molar-refractivity contribution < 1.29 is 9.21 Å². The maximum Gasteiger partial charge on any atom is 0.336 e. The summed E-state index contributed by atoms with van der Waals surface area (Å²) in [4.78, 5) is 24.1. The lowest BCUT2D eigenvalue weighted by Crippen LogP contribution is -2.26. The molecular weight excluding hydrogens is 290 g/mol. The Morgan fingerprint density at radius 1 is 1.13 bits per heavy atom. The average molecular weight is 309 g/mol. The molecule has 0 saturated heterocycles. The molecule has 0 spiro atoms. The first-order valence-electron chi connectivity index (χ1n) is 8.05. The fraction of sp³-hybridized carbons (Fsp3) is 0.368. The molecule has 2 aliphatic rings. The van der Waals surface area contributed by atoms with Gasteiger partial charge in [0.1, 0.15) is 5.58 Å². The summed E-state index contributed by atoms with van der Waals surface area (Å²) >= 11 is 0. The molecule has 1 N–H and O–H groups in total. The van der Waals surface area contributed by atoms with E-state index in [4.69, 9.17) is 4.42 Å². The van der Waals surface area contributed by atoms with Crippen LogP contribution in [-0.2, 0) is 4.79 Å². The predicted molar refractivity (Wildman–Crippen MR) is 89.4 cm³/mol. The van der Waals surface area contributed by atoms with Gasteiger partial charge in [0.25, 0.3) is 0 Å². The van der Waals surface area contributed by atoms with Crippen LogP contribution in [0.3, 0.4) is 0 Å². The summed E-state index contributed by atoms with van der Waals surface area (Å²) in [6.45, 7) is 3.79. The molecule has 1 amide bonds. The molecule has 2 aliphatic carbocycles. The van der Waals surface area contributed by atoms with Crippen LogP contribution in [0, 0.1) is 31.6 Å². The van der Waals surface area contributed by atoms with E-state index in [0.717, 1.165) is 35.0 Å². The zero-order valence-corrected chi connectivity index (χ0v) is 13.3. The van der Waals surface area contributed by atoms with E-state index in [2.05, 4.69) is 17.5 Å². The van der Waals surface area contributed by atoms with Gasteiger partial charge < -0.3 is 9.73 Å². The minimum absolute atomic E-state index is 0.0786. The number of allylic oxidation sites excluding steroid dienone is 2. The first-order chi connectivity index (χ1) is 11.0. The molecule has 1 aromatic heterocycles. The van der Waals surface area contributed by atoms with Crippen LogP contribution in [0.1, 0.15) is 24.0 Å². The van der Waals surface area contributed by atoms with Gasteiger partial charge in [-0.05, 0) is 61.8 Å². The highest BCUT2D eigenvalue weighted by Gasteiger charge is 2.39. The fourth-order valence-corrected chi connectivity index (χ4v) is 3.91. The molecule has 2 aromatic rings. The number of carbonyl (C=O) groups excluding carboxylic acids is 1. The third-order valence-electron chi connectivity index (χ3n) is 5.17. The Morgan fingerprint density at radius 3 is 2.65 bits per heavy atom. The van der Waals surface area contributed by atoms with Crippen LogP contribution in [0.15, 0.2) is 39.6 Å². The number of hydrogen-bond acceptors (Lipinski definition) is 3. The number of carbonyl (C=O) groups is 1. The van der Waals surface area contributed by atoms with Gasteiger partial charge in [0, 0.05) is 23.1 Å². The van der Waals surface area contributed by atoms with Gasteiger partial charge in [-0.3, -0.25) is 4.79 Å². The topological polar surface area (TPSA) is 59.3 Å². The Bertz CT molecular complexity index is 893. The number of fused-ring (bicyclic) bond motifs is 3. The van der Waals surface area contributed by atoms with E-state index in [0.29, 0.717) is 17.4 Å². The van der Waals surface area contributed by atoms with E-state index in [1.165, 1.54) is 6.07 Å². The third kappa shape index (κ3) is 2.38. The van der Waals surface area contributed by atoms with Crippen molar-refractivity contribution in [3.63, 3.8) is 0 Å². The summed E-state index contributed by atoms with van der Waals surface area (Å²) in [5, 5.41) is 3.94. The van der Waals surface area contributed by atoms with Gasteiger partial charge in [-0.2, -0.15) is 0 Å². The lowest BCUT2D eigenvalue weighted by molar-refractivity contribution is -0.120. The van der Waals surface area contributed by atoms with Crippen LogP contribution in [-0.4, -0.2) is 5.91 Å². The number of benzene rings is 1. The lowest BCUT2D eigenvalue weighted by atomic mass is 9.92. The normalized spacial score (nSPS) is 25.2. The number of amides is 1. The van der Waals surface area contributed by atoms with Gasteiger partial charge in [0.15, 0.2) is 0 Å². The van der Waals surface area contributed by atoms with Gasteiger partial charge >= 0.3 is 5.63 Å². The van der Waals surface area contributed by atoms with Crippen molar-refractivity contribution in [2.45, 2.75) is 26.7 Å². The van der Waals surface area contributed by atoms with Crippen LogP contribution in [0.25, 0.3) is 11.0 Å². The third-order valence-corrected chi connectivity index (χ3v) is 5.17. The first kappa shape index (κ1) is 14.2. The number of hydrogen-bond donors (Lipinski definition) is 1. The zero-order chi connectivity index (χ0) is 16.1. The molecule has 0 radical (unpaired) electrons. The maximum absolute atomic E-state index is 12.6. The Morgan fingerprint density at radius 2 is 1.96 bits per heavy atom. The second-order valence-electron chi connectivity index (χ2n) is 6.79. The monoisotopic (exact) mass is 309 g/mol. The molecule has 2 bridgehead atoms. The summed E-state index contributed by atoms with van der Waals surface area (Å²) in [5.74, 6) is 1.14. The van der Waals surface area contributed by atoms with Gasteiger partial charge in [-0.1, -0.05) is 12.2 Å². The Labute approximate surface area is 134 Å². The van der Waals surface area contributed by atoms with Crippen molar-refractivity contribution >= 4 is 22.6 Å². The van der Waals surface area contributed by atoms with Crippen molar-refractivity contribution in [2.24, 2.45) is 17.8 Å². The molecule has 4 rings (SSSR count). The quantitative estimate of drug-likeness (QED) is 0.681. The fourth-order valence-electron chi connectivity index (χ4n) is 3.91. The van der Waals surface area contributed by atoms with Crippen LogP contribution in [0.4, 0.5) is 5.69 Å². The largest absolute Gasteiger partial charge is 0.423 e. The minimum Gasteiger partial charge on any atom is -0.423 e. The molecule has 0 aliphatic heterocycles. The number of anilines is 1. The van der Waals surface area contributed by atoms with Gasteiger partial charge in [-0.25, -0.2) is 4.79 Å². The SMILES string of the molecule is Cc1cc2oc(=O)cc(C)c2cc1NC(=O)[C@H]1C[C@@H]2C=C[C@H]1C2. The highest BCUT2D eigenvalue weighted by molar-refractivity contribution is 5.96. The smallest absolute Gasteiger partial charge is 0.336 e. The summed E-state index contributed by atoms with van der Waals surface area (Å²) in [7, 11) is 0. The predicted octanol–water partition coefficient (Wildman–Crippen LogP) is 3.56. The lowest BCUT2D eigenvalue weighted by Gasteiger charge is -2.18. The second-order valence-corrected chi connectivity index (χ2v) is 6.79. The Hall–Kier alpha value is -2.36. The van der Waals surface area contributed by atoms with E-state index in [-0.39, 0.29) is 17.5 Å². The van der Waals surface area contributed by atoms with Crippen molar-refractivity contribution in [1.29, 1.82) is 0 Å². The van der Waals surface area contributed by atoms with E-state index in [1.54, 1.807) is 0 Å². The van der Waals surface area contributed by atoms with E-state index in [1.807, 2.05) is 26.0 Å². The van der Waals surface area contributed by atoms with E-state index >= 15 is 0 Å². The molecular formula is C19H19NO3. The van der Waals surface area contributed by atoms with Crippen LogP contribution < -0.4 is 10.9 Å². The van der Waals surface area contributed by atoms with Gasteiger partial charge in [0.2, 0.25) is 5.91 Å². The van der Waals surface area contributed by atoms with Crippen molar-refractivity contribution in [3.05, 3.63) is 51.9 Å². The average Bonchev–Trinajstić information content (AvgIpc) is 3.11. The summed E-state index contributed by atoms with van der Waals surface area (Å²) < 4.78 is 5.25. The zero-order valence-electron chi connectivity index (χ0n) is 13.3. The molecule has 1 saturated carbocycles. The van der Waals surface area contributed by atoms with Gasteiger partial charge in [0.05, 0.1) is 0 Å². The highest BCUT2D eigenvalue weighted by Crippen LogP contribution is 2.44. The summed E-state index contributed by atoms with van der Waals surface area (Å²) in [5.41, 5.74) is 2.77. The van der Waals surface area contributed by atoms with E-state index < -0.39 is 0 Å². The summed E-state index contributed by atoms with van der Waals surface area (Å²) in [6, 6.07) is 5.20. The van der Waals surface area contributed by atoms with Crippen LogP contribution >= 0.6 is 0 Å². The Kier molecular flexibility index (Phi) is 3.15. The van der Waals surface area contributed by atoms with Crippen molar-refractivity contribution in [1.82, 2.24) is 0 Å².